The van der Waals surface area contributed by atoms with E-state index in [2.05, 4.69) is 47.4 Å². The van der Waals surface area contributed by atoms with Gasteiger partial charge in [0.15, 0.2) is 11.5 Å². The zero-order valence-electron chi connectivity index (χ0n) is 16.6. The number of fused-ring (bicyclic) bond motifs is 1. The second-order valence-electron chi connectivity index (χ2n) is 8.29. The zero-order valence-corrected chi connectivity index (χ0v) is 16.6. The Morgan fingerprint density at radius 3 is 2.61 bits per heavy atom. The van der Waals surface area contributed by atoms with Crippen LogP contribution in [0.1, 0.15) is 36.8 Å². The van der Waals surface area contributed by atoms with Gasteiger partial charge in [0.05, 0.1) is 0 Å². The Bertz CT molecular complexity index is 764. The van der Waals surface area contributed by atoms with Crippen molar-refractivity contribution < 1.29 is 14.6 Å². The molecule has 0 spiro atoms. The molecule has 4 rings (SSSR count). The van der Waals surface area contributed by atoms with Gasteiger partial charge in [-0.15, -0.1) is 0 Å². The van der Waals surface area contributed by atoms with Crippen molar-refractivity contribution in [2.75, 3.05) is 32.9 Å². The molecule has 0 amide bonds. The molecule has 2 aromatic carbocycles. The molecule has 1 unspecified atom stereocenters. The molecule has 1 atom stereocenters. The van der Waals surface area contributed by atoms with E-state index in [-0.39, 0.29) is 12.0 Å². The van der Waals surface area contributed by atoms with E-state index in [1.165, 1.54) is 11.1 Å². The fourth-order valence-corrected chi connectivity index (χ4v) is 4.61. The van der Waals surface area contributed by atoms with Gasteiger partial charge in [0.2, 0.25) is 0 Å². The van der Waals surface area contributed by atoms with Crippen molar-refractivity contribution in [3.8, 4) is 11.5 Å². The average molecular weight is 382 g/mol. The number of aryl methyl sites for hydroxylation is 1. The monoisotopic (exact) mass is 381 g/mol. The summed E-state index contributed by atoms with van der Waals surface area (Å²) in [6.07, 6.45) is 5.57. The lowest BCUT2D eigenvalue weighted by Gasteiger charge is -2.42. The van der Waals surface area contributed by atoms with Crippen LogP contribution in [0, 0.1) is 5.41 Å². The Hall–Kier alpha value is -2.04. The van der Waals surface area contributed by atoms with Crippen LogP contribution in [0.15, 0.2) is 48.5 Å². The van der Waals surface area contributed by atoms with E-state index in [9.17, 15) is 5.11 Å². The Morgan fingerprint density at radius 1 is 0.964 bits per heavy atom. The van der Waals surface area contributed by atoms with Gasteiger partial charge in [-0.05, 0) is 61.9 Å². The van der Waals surface area contributed by atoms with E-state index in [4.69, 9.17) is 9.47 Å². The van der Waals surface area contributed by atoms with Crippen molar-refractivity contribution in [1.82, 2.24) is 4.90 Å². The van der Waals surface area contributed by atoms with E-state index >= 15 is 0 Å². The Morgan fingerprint density at radius 2 is 1.79 bits per heavy atom. The molecule has 1 N–H and O–H groups in total. The van der Waals surface area contributed by atoms with Gasteiger partial charge >= 0.3 is 0 Å². The number of benzene rings is 2. The highest BCUT2D eigenvalue weighted by atomic mass is 16.6. The topological polar surface area (TPSA) is 41.9 Å². The van der Waals surface area contributed by atoms with E-state index < -0.39 is 0 Å². The molecular weight excluding hydrogens is 350 g/mol. The predicted molar refractivity (Wildman–Crippen MR) is 111 cm³/mol. The first-order valence-electron chi connectivity index (χ1n) is 10.5. The highest BCUT2D eigenvalue weighted by molar-refractivity contribution is 5.43. The van der Waals surface area contributed by atoms with Crippen molar-refractivity contribution in [1.29, 1.82) is 0 Å². The minimum Gasteiger partial charge on any atom is -0.486 e. The molecule has 0 radical (unpaired) electrons. The molecule has 0 bridgehead atoms. The van der Waals surface area contributed by atoms with Crippen molar-refractivity contribution >= 4 is 0 Å². The minimum atomic E-state index is 0.0286. The van der Waals surface area contributed by atoms with Crippen LogP contribution in [0.5, 0.6) is 11.5 Å². The molecule has 0 saturated carbocycles. The van der Waals surface area contributed by atoms with Crippen LogP contribution in [0.2, 0.25) is 0 Å². The number of aliphatic hydroxyl groups excluding tert-OH is 1. The first kappa shape index (κ1) is 19.3. The smallest absolute Gasteiger partial charge is 0.161 e. The van der Waals surface area contributed by atoms with Gasteiger partial charge in [-0.2, -0.15) is 0 Å². The highest BCUT2D eigenvalue weighted by Gasteiger charge is 2.34. The molecule has 0 aliphatic carbocycles. The van der Waals surface area contributed by atoms with Crippen LogP contribution in [-0.4, -0.2) is 42.9 Å². The van der Waals surface area contributed by atoms with Crippen molar-refractivity contribution in [3.05, 3.63) is 59.7 Å². The maximum atomic E-state index is 10.2. The lowest BCUT2D eigenvalue weighted by atomic mass is 9.76. The maximum Gasteiger partial charge on any atom is 0.161 e. The second kappa shape index (κ2) is 8.97. The van der Waals surface area contributed by atoms with Crippen molar-refractivity contribution in [3.63, 3.8) is 0 Å². The summed E-state index contributed by atoms with van der Waals surface area (Å²) in [4.78, 5) is 2.49. The van der Waals surface area contributed by atoms with Crippen LogP contribution in [0.4, 0.5) is 0 Å². The van der Waals surface area contributed by atoms with E-state index in [0.29, 0.717) is 13.2 Å². The molecule has 4 heteroatoms. The summed E-state index contributed by atoms with van der Waals surface area (Å²) < 4.78 is 11.4. The summed E-state index contributed by atoms with van der Waals surface area (Å²) in [7, 11) is 0. The lowest BCUT2D eigenvalue weighted by Crippen LogP contribution is -2.45. The third-order valence-electron chi connectivity index (χ3n) is 6.10. The first-order chi connectivity index (χ1) is 13.8. The molecule has 2 aliphatic rings. The van der Waals surface area contributed by atoms with Crippen LogP contribution in [-0.2, 0) is 13.0 Å². The summed E-state index contributed by atoms with van der Waals surface area (Å²) in [6, 6.07) is 16.9. The summed E-state index contributed by atoms with van der Waals surface area (Å²) in [5.41, 5.74) is 2.67. The largest absolute Gasteiger partial charge is 0.486 e. The third-order valence-corrected chi connectivity index (χ3v) is 6.10. The molecule has 4 nitrogen and oxygen atoms in total. The zero-order chi connectivity index (χ0) is 19.2. The Kier molecular flexibility index (Phi) is 6.18. The average Bonchev–Trinajstić information content (AvgIpc) is 2.75. The van der Waals surface area contributed by atoms with Gasteiger partial charge < -0.3 is 14.6 Å². The standard InChI is InChI=1S/C24H31NO3/c26-19-24(11-4-8-20-6-2-1-3-7-20)12-5-13-25(18-24)17-21-9-10-22-23(16-21)28-15-14-27-22/h1-3,6-7,9-10,16,26H,4-5,8,11-15,17-19H2. The van der Waals surface area contributed by atoms with E-state index in [1.54, 1.807) is 0 Å². The minimum absolute atomic E-state index is 0.0286. The molecule has 2 aromatic rings. The summed E-state index contributed by atoms with van der Waals surface area (Å²) >= 11 is 0. The van der Waals surface area contributed by atoms with E-state index in [0.717, 1.165) is 63.2 Å². The predicted octanol–water partition coefficient (Wildman–Crippen LogP) is 4.06. The normalized spacial score (nSPS) is 22.2. The molecule has 1 saturated heterocycles. The molecule has 0 aromatic heterocycles. The molecule has 28 heavy (non-hydrogen) atoms. The number of hydrogen-bond acceptors (Lipinski definition) is 4. The third kappa shape index (κ3) is 4.68. The Labute approximate surface area is 168 Å². The number of nitrogens with zero attached hydrogens (tertiary/aromatic N) is 1. The quantitative estimate of drug-likeness (QED) is 0.785. The molecule has 1 fully saturated rings. The highest BCUT2D eigenvalue weighted by Crippen LogP contribution is 2.36. The lowest BCUT2D eigenvalue weighted by molar-refractivity contribution is 0.0207. The number of ether oxygens (including phenoxy) is 2. The summed E-state index contributed by atoms with van der Waals surface area (Å²) in [5.74, 6) is 1.70. The molecular formula is C24H31NO3. The van der Waals surface area contributed by atoms with Crippen molar-refractivity contribution in [2.45, 2.75) is 38.6 Å². The van der Waals surface area contributed by atoms with Gasteiger partial charge in [0.25, 0.3) is 0 Å². The molecule has 2 aliphatic heterocycles. The second-order valence-corrected chi connectivity index (χ2v) is 8.29. The SMILES string of the molecule is OCC1(CCCc2ccccc2)CCCN(Cc2ccc3c(c2)OCCO3)C1. The first-order valence-corrected chi connectivity index (χ1v) is 10.5. The Balaban J connectivity index is 1.35. The van der Waals surface area contributed by atoms with Gasteiger partial charge in [0.1, 0.15) is 13.2 Å². The van der Waals surface area contributed by atoms with Gasteiger partial charge in [-0.1, -0.05) is 36.4 Å². The number of hydrogen-bond donors (Lipinski definition) is 1. The maximum absolute atomic E-state index is 10.2. The van der Waals surface area contributed by atoms with Crippen LogP contribution in [0.3, 0.4) is 0 Å². The summed E-state index contributed by atoms with van der Waals surface area (Å²) in [6.45, 7) is 4.48. The van der Waals surface area contributed by atoms with Crippen molar-refractivity contribution in [2.24, 2.45) is 5.41 Å². The van der Waals surface area contributed by atoms with Gasteiger partial charge in [-0.25, -0.2) is 0 Å². The van der Waals surface area contributed by atoms with Crippen LogP contribution >= 0.6 is 0 Å². The fraction of sp³-hybridized carbons (Fsp3) is 0.500. The number of aliphatic hydroxyl groups is 1. The fourth-order valence-electron chi connectivity index (χ4n) is 4.61. The molecule has 150 valence electrons. The van der Waals surface area contributed by atoms with Crippen LogP contribution in [0.25, 0.3) is 0 Å². The van der Waals surface area contributed by atoms with Gasteiger partial charge in [0, 0.05) is 25.1 Å². The van der Waals surface area contributed by atoms with E-state index in [1.807, 2.05) is 6.07 Å². The number of rotatable bonds is 7. The van der Waals surface area contributed by atoms with Crippen LogP contribution < -0.4 is 9.47 Å². The number of piperidine rings is 1. The number of likely N-dealkylation sites (tertiary alicyclic amines) is 1. The summed E-state index contributed by atoms with van der Waals surface area (Å²) in [5, 5.41) is 10.2. The van der Waals surface area contributed by atoms with Gasteiger partial charge in [-0.3, -0.25) is 4.90 Å². The molecule has 2 heterocycles.